The number of aliphatic hydroxyl groups excluding tert-OH is 2. The molecule has 1 aromatic heterocycles. The first-order valence-corrected chi connectivity index (χ1v) is 6.52. The molecule has 3 N–H and O–H groups in total. The second kappa shape index (κ2) is 6.69. The van der Waals surface area contributed by atoms with Gasteiger partial charge in [-0.3, -0.25) is 14.3 Å². The molecule has 0 radical (unpaired) electrons. The molecule has 22 heavy (non-hydrogen) atoms. The number of ether oxygens (including phenoxy) is 2. The van der Waals surface area contributed by atoms with Crippen LogP contribution in [0.25, 0.3) is 6.08 Å². The highest BCUT2D eigenvalue weighted by Gasteiger charge is 2.35. The minimum atomic E-state index is -0.914. The lowest BCUT2D eigenvalue weighted by atomic mass is 10.2. The Morgan fingerprint density at radius 3 is 2.91 bits per heavy atom. The van der Waals surface area contributed by atoms with Gasteiger partial charge in [0.1, 0.15) is 12.3 Å². The van der Waals surface area contributed by atoms with E-state index in [1.54, 1.807) is 0 Å². The van der Waals surface area contributed by atoms with Crippen molar-refractivity contribution in [2.24, 2.45) is 0 Å². The van der Waals surface area contributed by atoms with E-state index in [0.29, 0.717) is 0 Å². The highest BCUT2D eigenvalue weighted by atomic mass is 16.5. The number of methoxy groups -OCH3 is 1. The van der Waals surface area contributed by atoms with Crippen LogP contribution in [0.5, 0.6) is 0 Å². The summed E-state index contributed by atoms with van der Waals surface area (Å²) in [5.74, 6) is -0.648. The van der Waals surface area contributed by atoms with E-state index >= 15 is 0 Å². The van der Waals surface area contributed by atoms with Crippen molar-refractivity contribution in [1.29, 1.82) is 0 Å². The van der Waals surface area contributed by atoms with Crippen molar-refractivity contribution in [2.45, 2.75) is 24.9 Å². The van der Waals surface area contributed by atoms with Gasteiger partial charge in [-0.25, -0.2) is 9.59 Å². The van der Waals surface area contributed by atoms with Gasteiger partial charge >= 0.3 is 11.7 Å². The summed E-state index contributed by atoms with van der Waals surface area (Å²) < 4.78 is 10.9. The number of carbonyl (C=O) groups excluding carboxylic acids is 1. The van der Waals surface area contributed by atoms with Crippen LogP contribution >= 0.6 is 0 Å². The van der Waals surface area contributed by atoms with Crippen LogP contribution in [0, 0.1) is 0 Å². The summed E-state index contributed by atoms with van der Waals surface area (Å²) in [5, 5.41) is 18.7. The molecule has 120 valence electrons. The Morgan fingerprint density at radius 2 is 2.32 bits per heavy atom. The van der Waals surface area contributed by atoms with Crippen molar-refractivity contribution in [1.82, 2.24) is 9.55 Å². The zero-order valence-corrected chi connectivity index (χ0v) is 11.8. The first-order chi connectivity index (χ1) is 10.5. The second-order valence-corrected chi connectivity index (χ2v) is 4.72. The van der Waals surface area contributed by atoms with E-state index in [-0.39, 0.29) is 18.6 Å². The molecule has 0 bridgehead atoms. The zero-order chi connectivity index (χ0) is 16.3. The van der Waals surface area contributed by atoms with Gasteiger partial charge in [0.2, 0.25) is 0 Å². The van der Waals surface area contributed by atoms with Gasteiger partial charge in [-0.2, -0.15) is 0 Å². The Kier molecular flexibility index (Phi) is 4.91. The van der Waals surface area contributed by atoms with Gasteiger partial charge in [0.05, 0.1) is 25.4 Å². The van der Waals surface area contributed by atoms with Crippen molar-refractivity contribution >= 4 is 12.0 Å². The minimum absolute atomic E-state index is 0.0514. The highest BCUT2D eigenvalue weighted by Crippen LogP contribution is 2.27. The molecule has 0 amide bonds. The number of aromatic amines is 1. The van der Waals surface area contributed by atoms with E-state index in [4.69, 9.17) is 9.84 Å². The Hall–Kier alpha value is -2.23. The molecule has 0 aromatic carbocycles. The fourth-order valence-electron chi connectivity index (χ4n) is 2.11. The van der Waals surface area contributed by atoms with Crippen LogP contribution in [0.1, 0.15) is 18.2 Å². The van der Waals surface area contributed by atoms with Gasteiger partial charge in [0.25, 0.3) is 5.56 Å². The third-order valence-electron chi connectivity index (χ3n) is 3.29. The SMILES string of the molecule is COC(=O)/C=C/c1cn([C@H]2C[C@@H](O)[C@@H](CO)O2)c(=O)[nH]c1=O. The van der Waals surface area contributed by atoms with E-state index < -0.39 is 35.7 Å². The fraction of sp³-hybridized carbons (Fsp3) is 0.462. The van der Waals surface area contributed by atoms with Crippen molar-refractivity contribution in [2.75, 3.05) is 13.7 Å². The average molecular weight is 312 g/mol. The summed E-state index contributed by atoms with van der Waals surface area (Å²) in [6.45, 7) is -0.384. The molecule has 1 aliphatic heterocycles. The summed E-state index contributed by atoms with van der Waals surface area (Å²) in [7, 11) is 1.20. The lowest BCUT2D eigenvalue weighted by Gasteiger charge is -2.14. The molecule has 3 atom stereocenters. The Bertz CT molecular complexity index is 690. The maximum Gasteiger partial charge on any atom is 0.330 e. The molecule has 0 saturated carbocycles. The fourth-order valence-corrected chi connectivity index (χ4v) is 2.11. The first-order valence-electron chi connectivity index (χ1n) is 6.52. The average Bonchev–Trinajstić information content (AvgIpc) is 2.86. The van der Waals surface area contributed by atoms with Crippen LogP contribution in [0.4, 0.5) is 0 Å². The summed E-state index contributed by atoms with van der Waals surface area (Å²) in [4.78, 5) is 36.7. The molecular weight excluding hydrogens is 296 g/mol. The smallest absolute Gasteiger partial charge is 0.330 e. The van der Waals surface area contributed by atoms with Crippen LogP contribution in [0.3, 0.4) is 0 Å². The van der Waals surface area contributed by atoms with E-state index in [9.17, 15) is 19.5 Å². The van der Waals surface area contributed by atoms with Gasteiger partial charge in [0, 0.05) is 18.7 Å². The van der Waals surface area contributed by atoms with Crippen molar-refractivity contribution in [3.8, 4) is 0 Å². The molecule has 0 spiro atoms. The Morgan fingerprint density at radius 1 is 1.59 bits per heavy atom. The number of rotatable bonds is 4. The van der Waals surface area contributed by atoms with E-state index in [1.807, 2.05) is 0 Å². The summed E-state index contributed by atoms with van der Waals surface area (Å²) in [5.41, 5.74) is -1.33. The number of H-pyrrole nitrogens is 1. The maximum absolute atomic E-state index is 11.8. The molecule has 9 heteroatoms. The Balaban J connectivity index is 2.33. The van der Waals surface area contributed by atoms with Gasteiger partial charge in [-0.1, -0.05) is 0 Å². The quantitative estimate of drug-likeness (QED) is 0.449. The number of hydrogen-bond donors (Lipinski definition) is 3. The standard InChI is InChI=1S/C13H16N2O7/c1-21-11(18)3-2-7-5-15(13(20)14-12(7)19)10-4-8(17)9(6-16)22-10/h2-3,5,8-10,16-17H,4,6H2,1H3,(H,14,19,20)/b3-2+/t8-,9-,10-/m1/s1. The summed E-state index contributed by atoms with van der Waals surface area (Å²) >= 11 is 0. The van der Waals surface area contributed by atoms with Gasteiger partial charge in [-0.15, -0.1) is 0 Å². The van der Waals surface area contributed by atoms with Crippen LogP contribution in [0.15, 0.2) is 21.9 Å². The number of aliphatic hydroxyl groups is 2. The van der Waals surface area contributed by atoms with E-state index in [2.05, 4.69) is 9.72 Å². The first kappa shape index (κ1) is 16.1. The normalized spacial score (nSPS) is 24.8. The number of nitrogens with one attached hydrogen (secondary N) is 1. The number of esters is 1. The predicted molar refractivity (Wildman–Crippen MR) is 74.0 cm³/mol. The van der Waals surface area contributed by atoms with Crippen molar-refractivity contribution in [3.05, 3.63) is 38.7 Å². The zero-order valence-electron chi connectivity index (χ0n) is 11.8. The second-order valence-electron chi connectivity index (χ2n) is 4.72. The lowest BCUT2D eigenvalue weighted by Crippen LogP contribution is -2.33. The molecule has 1 aliphatic rings. The highest BCUT2D eigenvalue weighted by molar-refractivity contribution is 5.86. The van der Waals surface area contributed by atoms with E-state index in [1.165, 1.54) is 19.4 Å². The maximum atomic E-state index is 11.8. The Labute approximate surface area is 124 Å². The van der Waals surface area contributed by atoms with Crippen molar-refractivity contribution < 1.29 is 24.5 Å². The lowest BCUT2D eigenvalue weighted by molar-refractivity contribution is -0.134. The molecule has 9 nitrogen and oxygen atoms in total. The number of carbonyl (C=O) groups is 1. The molecule has 1 fully saturated rings. The molecule has 0 aliphatic carbocycles. The number of nitrogens with zero attached hydrogens (tertiary/aromatic N) is 1. The van der Waals surface area contributed by atoms with Gasteiger partial charge in [0.15, 0.2) is 0 Å². The van der Waals surface area contributed by atoms with Crippen LogP contribution in [-0.4, -0.2) is 51.7 Å². The third kappa shape index (κ3) is 3.32. The summed E-state index contributed by atoms with van der Waals surface area (Å²) in [6.07, 6.45) is 1.03. The molecule has 1 saturated heterocycles. The van der Waals surface area contributed by atoms with Gasteiger partial charge < -0.3 is 19.7 Å². The monoisotopic (exact) mass is 312 g/mol. The largest absolute Gasteiger partial charge is 0.466 e. The number of hydrogen-bond acceptors (Lipinski definition) is 7. The third-order valence-corrected chi connectivity index (χ3v) is 3.29. The van der Waals surface area contributed by atoms with E-state index in [0.717, 1.165) is 10.6 Å². The minimum Gasteiger partial charge on any atom is -0.466 e. The van der Waals surface area contributed by atoms with Crippen LogP contribution in [0.2, 0.25) is 0 Å². The molecular formula is C13H16N2O7. The topological polar surface area (TPSA) is 131 Å². The summed E-state index contributed by atoms with van der Waals surface area (Å²) in [6, 6.07) is 0. The predicted octanol–water partition coefficient (Wildman–Crippen LogP) is -1.64. The van der Waals surface area contributed by atoms with Gasteiger partial charge in [-0.05, 0) is 6.08 Å². The molecule has 1 aromatic rings. The molecule has 0 unspecified atom stereocenters. The van der Waals surface area contributed by atoms with Crippen LogP contribution < -0.4 is 11.2 Å². The number of aromatic nitrogens is 2. The van der Waals surface area contributed by atoms with Crippen molar-refractivity contribution in [3.63, 3.8) is 0 Å². The van der Waals surface area contributed by atoms with Crippen LogP contribution in [-0.2, 0) is 14.3 Å². The molecule has 2 heterocycles. The molecule has 2 rings (SSSR count).